The second-order valence-electron chi connectivity index (χ2n) is 7.12. The molecule has 150 valence electrons. The van der Waals surface area contributed by atoms with Crippen LogP contribution >= 0.6 is 0 Å². The van der Waals surface area contributed by atoms with Crippen LogP contribution < -0.4 is 5.32 Å². The second kappa shape index (κ2) is 7.95. The summed E-state index contributed by atoms with van der Waals surface area (Å²) < 4.78 is 10.4. The van der Waals surface area contributed by atoms with Crippen LogP contribution in [-0.2, 0) is 19.1 Å². The van der Waals surface area contributed by atoms with E-state index >= 15 is 0 Å². The molecule has 2 aromatic carbocycles. The summed E-state index contributed by atoms with van der Waals surface area (Å²) in [7, 11) is 0. The zero-order valence-electron chi connectivity index (χ0n) is 16.1. The van der Waals surface area contributed by atoms with Crippen molar-refractivity contribution in [1.82, 2.24) is 10.2 Å². The Morgan fingerprint density at radius 3 is 2.21 bits per heavy atom. The smallest absolute Gasteiger partial charge is 0.407 e. The van der Waals surface area contributed by atoms with Crippen LogP contribution in [0.25, 0.3) is 11.1 Å². The molecular formula is C22H22N2O5. The summed E-state index contributed by atoms with van der Waals surface area (Å²) in [4.78, 5) is 36.7. The molecule has 7 nitrogen and oxygen atoms in total. The number of carbonyl (C=O) groups is 3. The molecule has 2 amide bonds. The van der Waals surface area contributed by atoms with Crippen LogP contribution in [0.5, 0.6) is 0 Å². The van der Waals surface area contributed by atoms with E-state index in [4.69, 9.17) is 9.47 Å². The zero-order valence-corrected chi connectivity index (χ0v) is 16.1. The molecule has 1 saturated heterocycles. The molecule has 1 atom stereocenters. The van der Waals surface area contributed by atoms with Gasteiger partial charge in [-0.3, -0.25) is 9.59 Å². The summed E-state index contributed by atoms with van der Waals surface area (Å²) in [6.07, 6.45) is -0.579. The molecule has 0 saturated carbocycles. The van der Waals surface area contributed by atoms with Crippen LogP contribution in [0.4, 0.5) is 4.79 Å². The molecule has 7 heteroatoms. The Hall–Kier alpha value is -3.35. The molecule has 1 heterocycles. The lowest BCUT2D eigenvalue weighted by atomic mass is 9.98. The molecular weight excluding hydrogens is 372 g/mol. The van der Waals surface area contributed by atoms with Gasteiger partial charge in [-0.1, -0.05) is 48.5 Å². The Morgan fingerprint density at radius 1 is 1.03 bits per heavy atom. The van der Waals surface area contributed by atoms with Crippen molar-refractivity contribution >= 4 is 18.0 Å². The number of hydrogen-bond acceptors (Lipinski definition) is 5. The highest BCUT2D eigenvalue weighted by atomic mass is 16.6. The standard InChI is InChI=1S/C22H22N2O5/c1-14(25)29-21-10-11-24(21)20(26)12-23-22(27)28-13-19-17-8-4-2-6-15(17)16-7-3-5-9-18(16)19/h2-9,19,21H,10-13H2,1H3,(H,23,27). The topological polar surface area (TPSA) is 84.9 Å². The number of rotatable bonds is 5. The highest BCUT2D eigenvalue weighted by Crippen LogP contribution is 2.44. The fourth-order valence-electron chi connectivity index (χ4n) is 3.86. The van der Waals surface area contributed by atoms with E-state index in [1.807, 2.05) is 36.4 Å². The monoisotopic (exact) mass is 394 g/mol. The Balaban J connectivity index is 1.31. The van der Waals surface area contributed by atoms with Crippen LogP contribution in [0.1, 0.15) is 30.4 Å². The maximum Gasteiger partial charge on any atom is 0.407 e. The number of hydrogen-bond donors (Lipinski definition) is 1. The molecule has 1 fully saturated rings. The number of nitrogens with one attached hydrogen (secondary N) is 1. The van der Waals surface area contributed by atoms with Gasteiger partial charge in [-0.2, -0.15) is 0 Å². The quantitative estimate of drug-likeness (QED) is 0.788. The van der Waals surface area contributed by atoms with Crippen molar-refractivity contribution in [1.29, 1.82) is 0 Å². The summed E-state index contributed by atoms with van der Waals surface area (Å²) in [6, 6.07) is 16.2. The Kier molecular flexibility index (Phi) is 5.20. The molecule has 4 rings (SSSR count). The number of carbonyl (C=O) groups excluding carboxylic acids is 3. The average Bonchev–Trinajstić information content (AvgIpc) is 3.02. The van der Waals surface area contributed by atoms with Crippen molar-refractivity contribution in [3.05, 3.63) is 59.7 Å². The molecule has 1 N–H and O–H groups in total. The number of esters is 1. The van der Waals surface area contributed by atoms with E-state index in [9.17, 15) is 14.4 Å². The van der Waals surface area contributed by atoms with Gasteiger partial charge < -0.3 is 19.7 Å². The molecule has 1 aliphatic heterocycles. The molecule has 2 aliphatic rings. The summed E-state index contributed by atoms with van der Waals surface area (Å²) in [5.41, 5.74) is 4.56. The SMILES string of the molecule is CC(=O)OC1CCN1C(=O)CNC(=O)OCC1c2ccccc2-c2ccccc21. The zero-order chi connectivity index (χ0) is 20.4. The molecule has 29 heavy (non-hydrogen) atoms. The van der Waals surface area contributed by atoms with Crippen molar-refractivity contribution in [2.45, 2.75) is 25.5 Å². The van der Waals surface area contributed by atoms with Crippen molar-refractivity contribution in [2.75, 3.05) is 19.7 Å². The first kappa shape index (κ1) is 19.0. The van der Waals surface area contributed by atoms with E-state index in [-0.39, 0.29) is 25.0 Å². The number of likely N-dealkylation sites (tertiary alicyclic amines) is 1. The average molecular weight is 394 g/mol. The first-order chi connectivity index (χ1) is 14.0. The Morgan fingerprint density at radius 2 is 1.66 bits per heavy atom. The maximum atomic E-state index is 12.2. The van der Waals surface area contributed by atoms with E-state index in [2.05, 4.69) is 17.4 Å². The highest BCUT2D eigenvalue weighted by Gasteiger charge is 2.34. The van der Waals surface area contributed by atoms with E-state index in [0.717, 1.165) is 22.3 Å². The minimum atomic E-state index is -0.648. The van der Waals surface area contributed by atoms with Crippen molar-refractivity contribution < 1.29 is 23.9 Å². The van der Waals surface area contributed by atoms with Crippen molar-refractivity contribution in [2.24, 2.45) is 0 Å². The van der Waals surface area contributed by atoms with Gasteiger partial charge in [-0.05, 0) is 22.3 Å². The van der Waals surface area contributed by atoms with Crippen LogP contribution in [-0.4, -0.2) is 48.8 Å². The lowest BCUT2D eigenvalue weighted by Gasteiger charge is -2.39. The third-order valence-electron chi connectivity index (χ3n) is 5.31. The third kappa shape index (κ3) is 3.81. The van der Waals surface area contributed by atoms with E-state index in [1.165, 1.54) is 11.8 Å². The first-order valence-electron chi connectivity index (χ1n) is 9.60. The van der Waals surface area contributed by atoms with Gasteiger partial charge in [0.15, 0.2) is 6.23 Å². The van der Waals surface area contributed by atoms with Gasteiger partial charge in [0.25, 0.3) is 0 Å². The predicted molar refractivity (Wildman–Crippen MR) is 105 cm³/mol. The maximum absolute atomic E-state index is 12.2. The fraction of sp³-hybridized carbons (Fsp3) is 0.318. The highest BCUT2D eigenvalue weighted by molar-refractivity contribution is 5.83. The lowest BCUT2D eigenvalue weighted by Crippen LogP contribution is -2.55. The van der Waals surface area contributed by atoms with Gasteiger partial charge in [0.05, 0.1) is 0 Å². The number of benzene rings is 2. The van der Waals surface area contributed by atoms with Gasteiger partial charge in [0, 0.05) is 25.8 Å². The van der Waals surface area contributed by atoms with Crippen LogP contribution in [0.15, 0.2) is 48.5 Å². The van der Waals surface area contributed by atoms with Gasteiger partial charge in [0.1, 0.15) is 13.2 Å². The van der Waals surface area contributed by atoms with Crippen molar-refractivity contribution in [3.63, 3.8) is 0 Å². The molecule has 1 aliphatic carbocycles. The molecule has 0 aromatic heterocycles. The van der Waals surface area contributed by atoms with Gasteiger partial charge in [0.2, 0.25) is 5.91 Å². The Bertz CT molecular complexity index is 912. The lowest BCUT2D eigenvalue weighted by molar-refractivity contribution is -0.177. The molecule has 1 unspecified atom stereocenters. The number of ether oxygens (including phenoxy) is 2. The molecule has 2 aromatic rings. The Labute approximate surface area is 168 Å². The van der Waals surface area contributed by atoms with E-state index in [1.54, 1.807) is 0 Å². The summed E-state index contributed by atoms with van der Waals surface area (Å²) in [5, 5.41) is 2.48. The minimum absolute atomic E-state index is 0.0346. The fourth-order valence-corrected chi connectivity index (χ4v) is 3.86. The predicted octanol–water partition coefficient (Wildman–Crippen LogP) is 2.65. The minimum Gasteiger partial charge on any atom is -0.449 e. The molecule has 0 bridgehead atoms. The molecule has 0 spiro atoms. The van der Waals surface area contributed by atoms with Crippen LogP contribution in [0.2, 0.25) is 0 Å². The number of nitrogens with zero attached hydrogens (tertiary/aromatic N) is 1. The first-order valence-corrected chi connectivity index (χ1v) is 9.60. The summed E-state index contributed by atoms with van der Waals surface area (Å²) in [5.74, 6) is -0.777. The van der Waals surface area contributed by atoms with Crippen molar-refractivity contribution in [3.8, 4) is 11.1 Å². The summed E-state index contributed by atoms with van der Waals surface area (Å²) >= 11 is 0. The van der Waals surface area contributed by atoms with Gasteiger partial charge in [-0.15, -0.1) is 0 Å². The van der Waals surface area contributed by atoms with Crippen LogP contribution in [0, 0.1) is 0 Å². The van der Waals surface area contributed by atoms with Crippen LogP contribution in [0.3, 0.4) is 0 Å². The number of amides is 2. The third-order valence-corrected chi connectivity index (χ3v) is 5.31. The normalized spacial score (nSPS) is 17.0. The van der Waals surface area contributed by atoms with Gasteiger partial charge in [-0.25, -0.2) is 4.79 Å². The molecule has 0 radical (unpaired) electrons. The largest absolute Gasteiger partial charge is 0.449 e. The number of fused-ring (bicyclic) bond motifs is 3. The van der Waals surface area contributed by atoms with E-state index in [0.29, 0.717) is 13.0 Å². The number of alkyl carbamates (subject to hydrolysis) is 1. The second-order valence-corrected chi connectivity index (χ2v) is 7.12. The summed E-state index contributed by atoms with van der Waals surface area (Å²) in [6.45, 7) is 1.79. The van der Waals surface area contributed by atoms with E-state index < -0.39 is 18.3 Å². The van der Waals surface area contributed by atoms with Gasteiger partial charge >= 0.3 is 12.1 Å².